The third-order valence-corrected chi connectivity index (χ3v) is 3.99. The van der Waals surface area contributed by atoms with Gasteiger partial charge in [-0.15, -0.1) is 0 Å². The Bertz CT molecular complexity index is 717. The number of rotatable bonds is 2. The van der Waals surface area contributed by atoms with Gasteiger partial charge in [0.2, 0.25) is 11.8 Å². The summed E-state index contributed by atoms with van der Waals surface area (Å²) in [4.78, 5) is 25.6. The lowest BCUT2D eigenvalue weighted by Gasteiger charge is -2.16. The summed E-state index contributed by atoms with van der Waals surface area (Å²) >= 11 is 3.16. The number of benzene rings is 2. The first-order valence-electron chi connectivity index (χ1n) is 6.44. The molecule has 1 unspecified atom stereocenters. The lowest BCUT2D eigenvalue weighted by molar-refractivity contribution is -0.121. The minimum Gasteiger partial charge on any atom is -0.274 e. The van der Waals surface area contributed by atoms with Gasteiger partial charge in [0, 0.05) is 10.9 Å². The molecule has 0 aliphatic carbocycles. The molecular formula is C16H11BrFNO2. The Morgan fingerprint density at radius 2 is 1.81 bits per heavy atom. The zero-order valence-electron chi connectivity index (χ0n) is 10.9. The smallest absolute Gasteiger partial charge is 0.241 e. The molecule has 5 heteroatoms. The van der Waals surface area contributed by atoms with Crippen LogP contribution in [0.5, 0.6) is 0 Å². The summed E-state index contributed by atoms with van der Waals surface area (Å²) in [6.45, 7) is 0. The van der Waals surface area contributed by atoms with E-state index in [9.17, 15) is 14.0 Å². The molecule has 3 rings (SSSR count). The van der Waals surface area contributed by atoms with Crippen molar-refractivity contribution in [3.8, 4) is 0 Å². The van der Waals surface area contributed by atoms with Crippen molar-refractivity contribution >= 4 is 33.4 Å². The molecule has 2 amide bonds. The van der Waals surface area contributed by atoms with Crippen LogP contribution < -0.4 is 4.90 Å². The van der Waals surface area contributed by atoms with Crippen molar-refractivity contribution < 1.29 is 14.0 Å². The maximum Gasteiger partial charge on any atom is 0.241 e. The molecule has 1 saturated heterocycles. The van der Waals surface area contributed by atoms with Crippen LogP contribution in [0.4, 0.5) is 10.1 Å². The maximum atomic E-state index is 14.0. The Balaban J connectivity index is 1.98. The zero-order valence-corrected chi connectivity index (χ0v) is 12.5. The van der Waals surface area contributed by atoms with Crippen molar-refractivity contribution in [2.45, 2.75) is 12.3 Å². The van der Waals surface area contributed by atoms with Gasteiger partial charge in [0.05, 0.1) is 11.6 Å². The molecule has 1 fully saturated rings. The average Bonchev–Trinajstić information content (AvgIpc) is 2.76. The van der Waals surface area contributed by atoms with Crippen molar-refractivity contribution in [2.75, 3.05) is 4.90 Å². The number of halogens is 2. The van der Waals surface area contributed by atoms with Gasteiger partial charge >= 0.3 is 0 Å². The lowest BCUT2D eigenvalue weighted by Crippen LogP contribution is -2.30. The van der Waals surface area contributed by atoms with E-state index < -0.39 is 11.7 Å². The molecule has 2 aromatic rings. The maximum absolute atomic E-state index is 14.0. The molecule has 2 aromatic carbocycles. The Hall–Kier alpha value is -2.01. The van der Waals surface area contributed by atoms with Gasteiger partial charge in [0.25, 0.3) is 0 Å². The van der Waals surface area contributed by atoms with Crippen LogP contribution in [0, 0.1) is 5.82 Å². The molecule has 0 aromatic heterocycles. The second-order valence-electron chi connectivity index (χ2n) is 4.83. The van der Waals surface area contributed by atoms with Crippen LogP contribution in [-0.2, 0) is 9.59 Å². The molecule has 106 valence electrons. The fourth-order valence-electron chi connectivity index (χ4n) is 2.49. The number of anilines is 1. The van der Waals surface area contributed by atoms with E-state index in [1.165, 1.54) is 12.1 Å². The van der Waals surface area contributed by atoms with Crippen molar-refractivity contribution in [1.29, 1.82) is 0 Å². The molecule has 0 spiro atoms. The van der Waals surface area contributed by atoms with Crippen molar-refractivity contribution in [3.63, 3.8) is 0 Å². The third kappa shape index (κ3) is 2.49. The van der Waals surface area contributed by atoms with Crippen molar-refractivity contribution in [2.24, 2.45) is 0 Å². The minimum atomic E-state index is -0.597. The Morgan fingerprint density at radius 1 is 1.10 bits per heavy atom. The summed E-state index contributed by atoms with van der Waals surface area (Å²) in [6, 6.07) is 13.4. The SMILES string of the molecule is O=C1CC(c2ccccc2)C(=O)N1c1ccc(Br)cc1F. The van der Waals surface area contributed by atoms with Gasteiger partial charge < -0.3 is 0 Å². The second kappa shape index (κ2) is 5.41. The molecule has 21 heavy (non-hydrogen) atoms. The first-order chi connectivity index (χ1) is 10.1. The lowest BCUT2D eigenvalue weighted by atomic mass is 9.98. The van der Waals surface area contributed by atoms with E-state index >= 15 is 0 Å². The Morgan fingerprint density at radius 3 is 2.48 bits per heavy atom. The van der Waals surface area contributed by atoms with E-state index in [0.717, 1.165) is 10.5 Å². The fourth-order valence-corrected chi connectivity index (χ4v) is 2.83. The summed E-state index contributed by atoms with van der Waals surface area (Å²) in [5.41, 5.74) is 0.780. The molecule has 0 bridgehead atoms. The van der Waals surface area contributed by atoms with E-state index in [4.69, 9.17) is 0 Å². The fraction of sp³-hybridized carbons (Fsp3) is 0.125. The molecule has 1 aliphatic heterocycles. The Kier molecular flexibility index (Phi) is 3.59. The molecule has 0 saturated carbocycles. The number of imide groups is 1. The van der Waals surface area contributed by atoms with Crippen molar-refractivity contribution in [3.05, 3.63) is 64.4 Å². The normalized spacial score (nSPS) is 18.4. The first-order valence-corrected chi connectivity index (χ1v) is 7.24. The van der Waals surface area contributed by atoms with E-state index in [0.29, 0.717) is 4.47 Å². The average molecular weight is 348 g/mol. The highest BCUT2D eigenvalue weighted by atomic mass is 79.9. The molecule has 1 aliphatic rings. The number of carbonyl (C=O) groups is 2. The summed E-state index contributed by atoms with van der Waals surface area (Å²) in [6.07, 6.45) is 0.0678. The minimum absolute atomic E-state index is 0.00614. The van der Waals surface area contributed by atoms with Gasteiger partial charge in [-0.25, -0.2) is 9.29 Å². The molecular weight excluding hydrogens is 337 g/mol. The topological polar surface area (TPSA) is 37.4 Å². The quantitative estimate of drug-likeness (QED) is 0.778. The predicted molar refractivity (Wildman–Crippen MR) is 80.4 cm³/mol. The Labute approximate surface area is 129 Å². The van der Waals surface area contributed by atoms with Gasteiger partial charge in [0.1, 0.15) is 5.82 Å². The first kappa shape index (κ1) is 13.9. The van der Waals surface area contributed by atoms with Gasteiger partial charge in [-0.1, -0.05) is 46.3 Å². The van der Waals surface area contributed by atoms with Crippen LogP contribution in [0.3, 0.4) is 0 Å². The number of nitrogens with zero attached hydrogens (tertiary/aromatic N) is 1. The summed E-state index contributed by atoms with van der Waals surface area (Å²) in [5, 5.41) is 0. The summed E-state index contributed by atoms with van der Waals surface area (Å²) in [7, 11) is 0. The number of amides is 2. The predicted octanol–water partition coefficient (Wildman–Crippen LogP) is 3.64. The largest absolute Gasteiger partial charge is 0.274 e. The highest BCUT2D eigenvalue weighted by molar-refractivity contribution is 9.10. The zero-order chi connectivity index (χ0) is 15.0. The van der Waals surface area contributed by atoms with Crippen LogP contribution in [-0.4, -0.2) is 11.8 Å². The highest BCUT2D eigenvalue weighted by Gasteiger charge is 2.41. The van der Waals surface area contributed by atoms with E-state index in [-0.39, 0.29) is 23.9 Å². The van der Waals surface area contributed by atoms with Gasteiger partial charge in [-0.3, -0.25) is 9.59 Å². The van der Waals surface area contributed by atoms with Crippen LogP contribution in [0.1, 0.15) is 17.9 Å². The number of hydrogen-bond acceptors (Lipinski definition) is 2. The monoisotopic (exact) mass is 347 g/mol. The van der Waals surface area contributed by atoms with Crippen LogP contribution >= 0.6 is 15.9 Å². The molecule has 0 radical (unpaired) electrons. The number of hydrogen-bond donors (Lipinski definition) is 0. The van der Waals surface area contributed by atoms with Crippen LogP contribution in [0.2, 0.25) is 0 Å². The standard InChI is InChI=1S/C16H11BrFNO2/c17-11-6-7-14(13(18)8-11)19-15(20)9-12(16(19)21)10-4-2-1-3-5-10/h1-8,12H,9H2. The second-order valence-corrected chi connectivity index (χ2v) is 5.75. The van der Waals surface area contributed by atoms with Gasteiger partial charge in [0.15, 0.2) is 0 Å². The van der Waals surface area contributed by atoms with Crippen molar-refractivity contribution in [1.82, 2.24) is 0 Å². The molecule has 0 N–H and O–H groups in total. The molecule has 3 nitrogen and oxygen atoms in total. The molecule has 1 heterocycles. The van der Waals surface area contributed by atoms with Crippen LogP contribution in [0.15, 0.2) is 53.0 Å². The van der Waals surface area contributed by atoms with E-state index in [2.05, 4.69) is 15.9 Å². The van der Waals surface area contributed by atoms with E-state index in [1.807, 2.05) is 18.2 Å². The van der Waals surface area contributed by atoms with Gasteiger partial charge in [-0.05, 0) is 23.8 Å². The van der Waals surface area contributed by atoms with Gasteiger partial charge in [-0.2, -0.15) is 0 Å². The number of carbonyl (C=O) groups excluding carboxylic acids is 2. The molecule has 1 atom stereocenters. The highest BCUT2D eigenvalue weighted by Crippen LogP contribution is 2.34. The van der Waals surface area contributed by atoms with E-state index in [1.54, 1.807) is 18.2 Å². The summed E-state index contributed by atoms with van der Waals surface area (Å²) in [5.74, 6) is -1.90. The third-order valence-electron chi connectivity index (χ3n) is 3.50. The van der Waals surface area contributed by atoms with Crippen LogP contribution in [0.25, 0.3) is 0 Å². The summed E-state index contributed by atoms with van der Waals surface area (Å²) < 4.78 is 14.6.